The van der Waals surface area contributed by atoms with Crippen molar-refractivity contribution in [3.63, 3.8) is 0 Å². The number of aliphatic hydroxyl groups excluding tert-OH is 1. The van der Waals surface area contributed by atoms with Gasteiger partial charge in [0.15, 0.2) is 0 Å². The molecule has 152 valence electrons. The average Bonchev–Trinajstić information content (AvgIpc) is 3.02. The molecule has 0 aromatic rings. The molecule has 3 rings (SSSR count). The Labute approximate surface area is 171 Å². The molecule has 0 saturated heterocycles. The number of hydrogen-bond acceptors (Lipinski definition) is 1. The first-order valence-corrected chi connectivity index (χ1v) is 12.4. The molecule has 5 unspecified atom stereocenters. The van der Waals surface area contributed by atoms with Crippen molar-refractivity contribution in [3.8, 4) is 0 Å². The smallest absolute Gasteiger partial charge is 0.0568 e. The molecular formula is C24H43BrO. The van der Waals surface area contributed by atoms with Crippen LogP contribution in [0.3, 0.4) is 0 Å². The summed E-state index contributed by atoms with van der Waals surface area (Å²) in [4.78, 5) is 2.24. The van der Waals surface area contributed by atoms with Crippen LogP contribution in [0.1, 0.15) is 105 Å². The monoisotopic (exact) mass is 426 g/mol. The van der Waals surface area contributed by atoms with E-state index in [4.69, 9.17) is 0 Å². The molecule has 3 aliphatic carbocycles. The van der Waals surface area contributed by atoms with E-state index in [2.05, 4.69) is 34.8 Å². The largest absolute Gasteiger partial charge is 0.393 e. The molecule has 1 N–H and O–H groups in total. The predicted molar refractivity (Wildman–Crippen MR) is 118 cm³/mol. The fraction of sp³-hybridized carbons (Fsp3) is 0.917. The zero-order chi connectivity index (χ0) is 19.2. The number of halogens is 1. The number of hydrogen-bond donors (Lipinski definition) is 1. The first kappa shape index (κ1) is 22.5. The molecule has 0 radical (unpaired) electrons. The highest BCUT2D eigenvalue weighted by molar-refractivity contribution is 9.11. The van der Waals surface area contributed by atoms with Crippen LogP contribution in [0.2, 0.25) is 0 Å². The Kier molecular flexibility index (Phi) is 9.20. The fourth-order valence-electron chi connectivity index (χ4n) is 6.57. The second-order valence-corrected chi connectivity index (χ2v) is 9.76. The van der Waals surface area contributed by atoms with Crippen molar-refractivity contribution in [3.05, 3.63) is 10.6 Å². The highest BCUT2D eigenvalue weighted by Crippen LogP contribution is 2.60. The van der Waals surface area contributed by atoms with Crippen molar-refractivity contribution in [2.24, 2.45) is 29.1 Å². The molecule has 3 saturated carbocycles. The Balaban J connectivity index is 0.00000117. The molecule has 26 heavy (non-hydrogen) atoms. The van der Waals surface area contributed by atoms with Gasteiger partial charge in [-0.15, -0.1) is 0 Å². The van der Waals surface area contributed by atoms with Crippen LogP contribution < -0.4 is 0 Å². The van der Waals surface area contributed by atoms with E-state index in [-0.39, 0.29) is 6.10 Å². The lowest BCUT2D eigenvalue weighted by Gasteiger charge is -2.44. The van der Waals surface area contributed by atoms with Gasteiger partial charge in [-0.3, -0.25) is 0 Å². The second kappa shape index (κ2) is 10.6. The van der Waals surface area contributed by atoms with Crippen LogP contribution in [0.25, 0.3) is 0 Å². The van der Waals surface area contributed by atoms with Gasteiger partial charge >= 0.3 is 0 Å². The van der Waals surface area contributed by atoms with Crippen molar-refractivity contribution in [1.29, 1.82) is 0 Å². The minimum atomic E-state index is -0.00703. The van der Waals surface area contributed by atoms with Crippen molar-refractivity contribution in [2.45, 2.75) is 111 Å². The Morgan fingerprint density at radius 3 is 2.58 bits per heavy atom. The van der Waals surface area contributed by atoms with E-state index in [9.17, 15) is 5.11 Å². The molecule has 3 fully saturated rings. The average molecular weight is 428 g/mol. The van der Waals surface area contributed by atoms with Gasteiger partial charge < -0.3 is 5.11 Å². The lowest BCUT2D eigenvalue weighted by molar-refractivity contribution is 0.0595. The number of aliphatic hydroxyl groups is 1. The van der Waals surface area contributed by atoms with Crippen molar-refractivity contribution >= 4 is 15.9 Å². The van der Waals surface area contributed by atoms with Gasteiger partial charge in [-0.25, -0.2) is 0 Å². The van der Waals surface area contributed by atoms with Crippen molar-refractivity contribution < 1.29 is 5.11 Å². The highest BCUT2D eigenvalue weighted by atomic mass is 79.9. The quantitative estimate of drug-likeness (QED) is 0.473. The molecule has 0 spiro atoms. The SMILES string of the molecule is CC.C[C@H](CCCC1CCCCC1O)C1CCC2/C(=C/Br)CCCC21C. The Morgan fingerprint density at radius 2 is 1.88 bits per heavy atom. The van der Waals surface area contributed by atoms with E-state index in [0.29, 0.717) is 11.3 Å². The summed E-state index contributed by atoms with van der Waals surface area (Å²) >= 11 is 3.63. The number of fused-ring (bicyclic) bond motifs is 1. The van der Waals surface area contributed by atoms with Crippen LogP contribution in [0, 0.1) is 29.1 Å². The Morgan fingerprint density at radius 1 is 1.15 bits per heavy atom. The van der Waals surface area contributed by atoms with E-state index in [0.717, 1.165) is 24.2 Å². The topological polar surface area (TPSA) is 20.2 Å². The lowest BCUT2D eigenvalue weighted by atomic mass is 9.61. The van der Waals surface area contributed by atoms with E-state index >= 15 is 0 Å². The van der Waals surface area contributed by atoms with Gasteiger partial charge in [-0.1, -0.05) is 74.9 Å². The predicted octanol–water partition coefficient (Wildman–Crippen LogP) is 7.87. The van der Waals surface area contributed by atoms with E-state index in [1.54, 1.807) is 5.57 Å². The minimum Gasteiger partial charge on any atom is -0.393 e. The molecule has 0 heterocycles. The third-order valence-corrected chi connectivity index (χ3v) is 8.56. The van der Waals surface area contributed by atoms with Gasteiger partial charge in [-0.05, 0) is 85.4 Å². The van der Waals surface area contributed by atoms with Crippen LogP contribution in [0.5, 0.6) is 0 Å². The number of allylic oxidation sites excluding steroid dienone is 1. The third-order valence-electron chi connectivity index (χ3n) is 7.97. The molecule has 1 nitrogen and oxygen atoms in total. The molecule has 2 heteroatoms. The van der Waals surface area contributed by atoms with Crippen LogP contribution in [0.4, 0.5) is 0 Å². The van der Waals surface area contributed by atoms with Crippen LogP contribution in [-0.2, 0) is 0 Å². The van der Waals surface area contributed by atoms with Gasteiger partial charge in [0.2, 0.25) is 0 Å². The summed E-state index contributed by atoms with van der Waals surface area (Å²) in [6, 6.07) is 0. The van der Waals surface area contributed by atoms with Gasteiger partial charge in [0.05, 0.1) is 6.10 Å². The Hall–Kier alpha value is 0.180. The van der Waals surface area contributed by atoms with E-state index in [1.807, 2.05) is 13.8 Å². The zero-order valence-electron chi connectivity index (χ0n) is 17.8. The Bertz CT molecular complexity index is 445. The maximum atomic E-state index is 10.2. The summed E-state index contributed by atoms with van der Waals surface area (Å²) < 4.78 is 0. The van der Waals surface area contributed by atoms with Crippen LogP contribution in [0.15, 0.2) is 10.6 Å². The molecule has 0 bridgehead atoms. The second-order valence-electron chi connectivity index (χ2n) is 9.30. The molecule has 3 aliphatic rings. The first-order valence-electron chi connectivity index (χ1n) is 11.5. The number of rotatable bonds is 5. The molecular weight excluding hydrogens is 384 g/mol. The summed E-state index contributed by atoms with van der Waals surface area (Å²) in [7, 11) is 0. The van der Waals surface area contributed by atoms with Crippen molar-refractivity contribution in [1.82, 2.24) is 0 Å². The van der Waals surface area contributed by atoms with E-state index < -0.39 is 0 Å². The van der Waals surface area contributed by atoms with Crippen LogP contribution in [-0.4, -0.2) is 11.2 Å². The zero-order valence-corrected chi connectivity index (χ0v) is 19.4. The minimum absolute atomic E-state index is 0.00703. The summed E-state index contributed by atoms with van der Waals surface area (Å²) in [6.45, 7) is 9.11. The summed E-state index contributed by atoms with van der Waals surface area (Å²) in [6.07, 6.45) is 15.8. The van der Waals surface area contributed by atoms with Gasteiger partial charge in [0, 0.05) is 0 Å². The summed E-state index contributed by atoms with van der Waals surface area (Å²) in [5, 5.41) is 10.2. The highest BCUT2D eigenvalue weighted by Gasteiger charge is 2.50. The molecule has 0 aromatic heterocycles. The maximum absolute atomic E-state index is 10.2. The van der Waals surface area contributed by atoms with Crippen LogP contribution >= 0.6 is 15.9 Å². The first-order chi connectivity index (χ1) is 12.6. The lowest BCUT2D eigenvalue weighted by Crippen LogP contribution is -2.36. The summed E-state index contributed by atoms with van der Waals surface area (Å²) in [5.41, 5.74) is 2.23. The molecule has 0 aromatic carbocycles. The van der Waals surface area contributed by atoms with Gasteiger partial charge in [0.1, 0.15) is 0 Å². The third kappa shape index (κ3) is 4.96. The fourth-order valence-corrected chi connectivity index (χ4v) is 7.12. The molecule has 6 atom stereocenters. The molecule has 0 amide bonds. The standard InChI is InChI=1S/C22H37BrO.C2H6/c1-16(7-5-9-17-8-3-4-11-21(17)24)19-12-13-20-18(15-23)10-6-14-22(19,20)2;1-2/h15-17,19-21,24H,3-14H2,1-2H3;1-2H3/b18-15+;/t16-,17?,19?,20?,21?,22?;/m1./s1. The van der Waals surface area contributed by atoms with E-state index in [1.165, 1.54) is 70.6 Å². The summed E-state index contributed by atoms with van der Waals surface area (Å²) in [5.74, 6) is 3.17. The normalized spacial score (nSPS) is 39.8. The maximum Gasteiger partial charge on any atom is 0.0568 e. The van der Waals surface area contributed by atoms with Gasteiger partial charge in [0.25, 0.3) is 0 Å². The van der Waals surface area contributed by atoms with Crippen molar-refractivity contribution in [2.75, 3.05) is 0 Å². The molecule has 0 aliphatic heterocycles. The van der Waals surface area contributed by atoms with Gasteiger partial charge in [-0.2, -0.15) is 0 Å².